The van der Waals surface area contributed by atoms with E-state index >= 15 is 0 Å². The summed E-state index contributed by atoms with van der Waals surface area (Å²) in [5.74, 6) is 0.157. The molecule has 0 atom stereocenters. The predicted octanol–water partition coefficient (Wildman–Crippen LogP) is 1.52. The van der Waals surface area contributed by atoms with Crippen molar-refractivity contribution in [1.82, 2.24) is 15.5 Å². The Balaban J connectivity index is 1.29. The predicted molar refractivity (Wildman–Crippen MR) is 101 cm³/mol. The summed E-state index contributed by atoms with van der Waals surface area (Å²) in [4.78, 5) is 37.1. The fourth-order valence-electron chi connectivity index (χ4n) is 4.34. The number of nitrogens with zero attached hydrogens (tertiary/aromatic N) is 1. The van der Waals surface area contributed by atoms with E-state index in [0.717, 1.165) is 32.2 Å². The Hall–Kier alpha value is -1.63. The first kappa shape index (κ1) is 20.1. The van der Waals surface area contributed by atoms with Crippen molar-refractivity contribution in [2.24, 2.45) is 11.8 Å². The number of hydrogen-bond acceptors (Lipinski definition) is 4. The van der Waals surface area contributed by atoms with Gasteiger partial charge in [0.15, 0.2) is 0 Å². The zero-order valence-electron chi connectivity index (χ0n) is 16.1. The summed E-state index contributed by atoms with van der Waals surface area (Å²) in [5, 5.41) is 14.8. The van der Waals surface area contributed by atoms with E-state index in [2.05, 4.69) is 15.5 Å². The third kappa shape index (κ3) is 6.79. The zero-order valence-corrected chi connectivity index (χ0v) is 16.1. The molecular weight excluding hydrogens is 346 g/mol. The molecule has 3 rings (SSSR count). The number of hydrogen-bond donors (Lipinski definition) is 3. The number of carboxylic acids is 1. The molecule has 0 aliphatic heterocycles. The Morgan fingerprint density at radius 2 is 1.63 bits per heavy atom. The molecule has 0 spiro atoms. The number of amides is 2. The molecule has 0 radical (unpaired) electrons. The molecule has 3 saturated carbocycles. The quantitative estimate of drug-likeness (QED) is 0.534. The topological polar surface area (TPSA) is 98.7 Å². The summed E-state index contributed by atoms with van der Waals surface area (Å²) in [7, 11) is 0. The number of carbonyl (C=O) groups is 3. The highest BCUT2D eigenvalue weighted by atomic mass is 16.4. The normalized spacial score (nSPS) is 25.7. The van der Waals surface area contributed by atoms with Gasteiger partial charge in [0, 0.05) is 25.0 Å². The molecule has 0 bridgehead atoms. The van der Waals surface area contributed by atoms with Gasteiger partial charge < -0.3 is 15.7 Å². The van der Waals surface area contributed by atoms with E-state index in [1.54, 1.807) is 0 Å². The fourth-order valence-corrected chi connectivity index (χ4v) is 4.34. The first-order valence-corrected chi connectivity index (χ1v) is 10.5. The van der Waals surface area contributed by atoms with E-state index in [4.69, 9.17) is 5.11 Å². The van der Waals surface area contributed by atoms with Crippen LogP contribution < -0.4 is 10.6 Å². The van der Waals surface area contributed by atoms with Crippen molar-refractivity contribution in [3.63, 3.8) is 0 Å². The number of aliphatic carboxylic acids is 1. The molecule has 3 N–H and O–H groups in total. The van der Waals surface area contributed by atoms with Crippen LogP contribution in [0, 0.1) is 11.8 Å². The summed E-state index contributed by atoms with van der Waals surface area (Å²) in [5.41, 5.74) is 0. The molecule has 7 heteroatoms. The molecule has 0 aromatic heterocycles. The molecule has 0 saturated heterocycles. The average molecular weight is 380 g/mol. The molecular formula is C20H33N3O4. The molecule has 0 heterocycles. The van der Waals surface area contributed by atoms with Gasteiger partial charge in [-0.2, -0.15) is 0 Å². The molecule has 3 aliphatic carbocycles. The molecule has 3 fully saturated rings. The first-order chi connectivity index (χ1) is 13.0. The molecule has 7 nitrogen and oxygen atoms in total. The molecule has 2 amide bonds. The second-order valence-electron chi connectivity index (χ2n) is 8.64. The van der Waals surface area contributed by atoms with Crippen LogP contribution in [-0.4, -0.2) is 59.5 Å². The minimum Gasteiger partial charge on any atom is -0.480 e. The largest absolute Gasteiger partial charge is 0.480 e. The van der Waals surface area contributed by atoms with E-state index in [9.17, 15) is 14.4 Å². The maximum atomic E-state index is 12.1. The van der Waals surface area contributed by atoms with Crippen LogP contribution in [0.4, 0.5) is 0 Å². The lowest BCUT2D eigenvalue weighted by molar-refractivity contribution is -0.140. The van der Waals surface area contributed by atoms with Crippen molar-refractivity contribution in [2.75, 3.05) is 19.6 Å². The van der Waals surface area contributed by atoms with Crippen molar-refractivity contribution in [1.29, 1.82) is 0 Å². The Kier molecular flexibility index (Phi) is 7.10. The van der Waals surface area contributed by atoms with Gasteiger partial charge in [-0.1, -0.05) is 19.3 Å². The lowest BCUT2D eigenvalue weighted by Gasteiger charge is -2.42. The zero-order chi connectivity index (χ0) is 19.2. The molecule has 152 valence electrons. The lowest BCUT2D eigenvalue weighted by atomic mass is 9.85. The Morgan fingerprint density at radius 1 is 0.926 bits per heavy atom. The van der Waals surface area contributed by atoms with Crippen molar-refractivity contribution in [3.8, 4) is 0 Å². The minimum atomic E-state index is -0.788. The van der Waals surface area contributed by atoms with E-state index < -0.39 is 5.97 Å². The third-order valence-corrected chi connectivity index (χ3v) is 6.17. The Bertz CT molecular complexity index is 537. The Morgan fingerprint density at radius 3 is 2.26 bits per heavy atom. The van der Waals surface area contributed by atoms with Crippen molar-refractivity contribution in [2.45, 2.75) is 76.3 Å². The fraction of sp³-hybridized carbons (Fsp3) is 0.850. The average Bonchev–Trinajstić information content (AvgIpc) is 3.40. The van der Waals surface area contributed by atoms with Gasteiger partial charge in [0.1, 0.15) is 0 Å². The summed E-state index contributed by atoms with van der Waals surface area (Å²) >= 11 is 0. The number of carboxylic acid groups (broad SMARTS) is 1. The van der Waals surface area contributed by atoms with E-state index in [1.165, 1.54) is 32.1 Å². The Labute approximate surface area is 161 Å². The monoisotopic (exact) mass is 379 g/mol. The third-order valence-electron chi connectivity index (χ3n) is 6.17. The van der Waals surface area contributed by atoms with Crippen LogP contribution in [0.15, 0.2) is 0 Å². The molecule has 0 aromatic carbocycles. The molecule has 3 aliphatic rings. The summed E-state index contributed by atoms with van der Waals surface area (Å²) < 4.78 is 0. The van der Waals surface area contributed by atoms with Gasteiger partial charge in [0.25, 0.3) is 0 Å². The minimum absolute atomic E-state index is 0.0272. The highest BCUT2D eigenvalue weighted by Gasteiger charge is 2.37. The van der Waals surface area contributed by atoms with Crippen LogP contribution in [0.2, 0.25) is 0 Å². The SMILES string of the molecule is O=C(O)CN(CC1CC1)C1CC(NC(=O)CNC(=O)CC2CCCCC2)C1. The summed E-state index contributed by atoms with van der Waals surface area (Å²) in [6.07, 6.45) is 10.4. The van der Waals surface area contributed by atoms with Crippen LogP contribution in [0.5, 0.6) is 0 Å². The summed E-state index contributed by atoms with van der Waals surface area (Å²) in [6, 6.07) is 0.334. The van der Waals surface area contributed by atoms with Crippen LogP contribution >= 0.6 is 0 Å². The second-order valence-corrected chi connectivity index (χ2v) is 8.64. The number of carbonyl (C=O) groups excluding carboxylic acids is 2. The standard InChI is InChI=1S/C20H33N3O4/c24-18(8-14-4-2-1-3-5-14)21-11-19(25)22-16-9-17(10-16)23(13-20(26)27)12-15-6-7-15/h14-17H,1-13H2,(H,21,24)(H,22,25)(H,26,27). The van der Waals surface area contributed by atoms with Gasteiger partial charge in [-0.15, -0.1) is 0 Å². The molecule has 0 unspecified atom stereocenters. The van der Waals surface area contributed by atoms with Gasteiger partial charge in [0.05, 0.1) is 13.1 Å². The van der Waals surface area contributed by atoms with Gasteiger partial charge in [-0.25, -0.2) is 0 Å². The highest BCUT2D eigenvalue weighted by Crippen LogP contribution is 2.33. The van der Waals surface area contributed by atoms with Crippen molar-refractivity contribution < 1.29 is 19.5 Å². The first-order valence-electron chi connectivity index (χ1n) is 10.5. The van der Waals surface area contributed by atoms with Crippen molar-refractivity contribution >= 4 is 17.8 Å². The molecule has 0 aromatic rings. The maximum absolute atomic E-state index is 12.1. The van der Waals surface area contributed by atoms with E-state index in [-0.39, 0.29) is 37.0 Å². The molecule has 27 heavy (non-hydrogen) atoms. The van der Waals surface area contributed by atoms with E-state index in [1.807, 2.05) is 0 Å². The van der Waals surface area contributed by atoms with Gasteiger partial charge >= 0.3 is 5.97 Å². The van der Waals surface area contributed by atoms with Crippen molar-refractivity contribution in [3.05, 3.63) is 0 Å². The van der Waals surface area contributed by atoms with Crippen LogP contribution in [0.3, 0.4) is 0 Å². The highest BCUT2D eigenvalue weighted by molar-refractivity contribution is 5.84. The van der Waals surface area contributed by atoms with Crippen LogP contribution in [0.25, 0.3) is 0 Å². The second kappa shape index (κ2) is 9.53. The van der Waals surface area contributed by atoms with Gasteiger partial charge in [0.2, 0.25) is 11.8 Å². The van der Waals surface area contributed by atoms with Crippen LogP contribution in [0.1, 0.15) is 64.2 Å². The smallest absolute Gasteiger partial charge is 0.317 e. The maximum Gasteiger partial charge on any atom is 0.317 e. The van der Waals surface area contributed by atoms with E-state index in [0.29, 0.717) is 18.3 Å². The van der Waals surface area contributed by atoms with Gasteiger partial charge in [-0.05, 0) is 50.4 Å². The van der Waals surface area contributed by atoms with Crippen LogP contribution in [-0.2, 0) is 14.4 Å². The number of nitrogens with one attached hydrogen (secondary N) is 2. The number of rotatable bonds is 10. The lowest BCUT2D eigenvalue weighted by Crippen LogP contribution is -2.56. The van der Waals surface area contributed by atoms with Gasteiger partial charge in [-0.3, -0.25) is 19.3 Å². The summed E-state index contributed by atoms with van der Waals surface area (Å²) in [6.45, 7) is 0.974.